The summed E-state index contributed by atoms with van der Waals surface area (Å²) in [5.74, 6) is -0.193. The third kappa shape index (κ3) is 6.23. The van der Waals surface area contributed by atoms with E-state index in [0.29, 0.717) is 54.3 Å². The van der Waals surface area contributed by atoms with Gasteiger partial charge in [0.2, 0.25) is 0 Å². The summed E-state index contributed by atoms with van der Waals surface area (Å²) in [6, 6.07) is 13.0. The van der Waals surface area contributed by atoms with E-state index in [1.165, 1.54) is 22.0 Å². The van der Waals surface area contributed by atoms with E-state index in [4.69, 9.17) is 11.6 Å². The number of hydrogen-bond donors (Lipinski definition) is 0. The van der Waals surface area contributed by atoms with Crippen molar-refractivity contribution in [2.24, 2.45) is 4.99 Å². The number of carbonyl (C=O) groups excluding carboxylic acids is 1. The van der Waals surface area contributed by atoms with Crippen molar-refractivity contribution in [1.29, 1.82) is 0 Å². The van der Waals surface area contributed by atoms with E-state index in [0.717, 1.165) is 28.7 Å². The van der Waals surface area contributed by atoms with Crippen LogP contribution in [0.2, 0.25) is 5.02 Å². The van der Waals surface area contributed by atoms with Crippen LogP contribution in [0.25, 0.3) is 6.08 Å². The van der Waals surface area contributed by atoms with Crippen LogP contribution in [-0.2, 0) is 4.79 Å². The van der Waals surface area contributed by atoms with Gasteiger partial charge < -0.3 is 4.90 Å². The number of nitrogens with zero attached hydrogens (tertiary/aromatic N) is 6. The second-order valence-corrected chi connectivity index (χ2v) is 12.6. The Labute approximate surface area is 266 Å². The van der Waals surface area contributed by atoms with Gasteiger partial charge in [0.15, 0.2) is 9.96 Å². The zero-order valence-electron chi connectivity index (χ0n) is 24.7. The molecule has 1 aliphatic heterocycles. The number of allylic oxidation sites excluding steroid dienone is 1. The lowest BCUT2D eigenvalue weighted by atomic mass is 9.94. The lowest BCUT2D eigenvalue weighted by Gasteiger charge is -2.29. The van der Waals surface area contributed by atoms with Crippen LogP contribution in [0.5, 0.6) is 0 Å². The zero-order chi connectivity index (χ0) is 31.7. The van der Waals surface area contributed by atoms with Crippen molar-refractivity contribution >= 4 is 52.4 Å². The van der Waals surface area contributed by atoms with Gasteiger partial charge in [-0.15, -0.1) is 0 Å². The van der Waals surface area contributed by atoms with E-state index in [-0.39, 0.29) is 17.2 Å². The van der Waals surface area contributed by atoms with Crippen LogP contribution in [0.3, 0.4) is 0 Å². The van der Waals surface area contributed by atoms with Crippen LogP contribution in [0.4, 0.5) is 5.69 Å². The number of nitro benzene ring substituents is 1. The standard InChI is InChI=1S/C31H29ClN6O4S2/c1-6-36(7-2)29(40)26-19(5)35-31-37(27(26)21-9-11-22(32)12-10-21)28(39)25(44-31)16-20-8-13-24(23(15-20)38(41)42)43-30-33-17(3)14-18(4)34-30/h8-16,27H,6-7H2,1-5H3/b25-16-/t27-/m1/s1. The van der Waals surface area contributed by atoms with Crippen LogP contribution in [0.1, 0.15) is 49.3 Å². The molecule has 3 heterocycles. The molecule has 0 bridgehead atoms. The molecule has 0 radical (unpaired) electrons. The normalized spacial score (nSPS) is 14.8. The average molecular weight is 649 g/mol. The highest BCUT2D eigenvalue weighted by Gasteiger charge is 2.34. The van der Waals surface area contributed by atoms with E-state index in [1.807, 2.05) is 33.8 Å². The monoisotopic (exact) mass is 648 g/mol. The molecule has 0 unspecified atom stereocenters. The maximum Gasteiger partial charge on any atom is 0.283 e. The summed E-state index contributed by atoms with van der Waals surface area (Å²) in [6.07, 6.45) is 1.61. The third-order valence-electron chi connectivity index (χ3n) is 7.13. The molecule has 1 atom stereocenters. The summed E-state index contributed by atoms with van der Waals surface area (Å²) in [5, 5.41) is 13.0. The Morgan fingerprint density at radius 2 is 1.75 bits per heavy atom. The summed E-state index contributed by atoms with van der Waals surface area (Å²) in [4.78, 5) is 55.3. The summed E-state index contributed by atoms with van der Waals surface area (Å²) in [7, 11) is 0. The fourth-order valence-electron chi connectivity index (χ4n) is 5.08. The summed E-state index contributed by atoms with van der Waals surface area (Å²) in [5.41, 5.74) is 3.20. The topological polar surface area (TPSA) is 124 Å². The lowest BCUT2D eigenvalue weighted by molar-refractivity contribution is -0.387. The first kappa shape index (κ1) is 31.3. The van der Waals surface area contributed by atoms with Gasteiger partial charge in [-0.05, 0) is 87.8 Å². The first-order valence-electron chi connectivity index (χ1n) is 13.9. The van der Waals surface area contributed by atoms with Gasteiger partial charge in [0.25, 0.3) is 17.2 Å². The molecule has 0 saturated heterocycles. The molecule has 10 nitrogen and oxygen atoms in total. The van der Waals surface area contributed by atoms with Gasteiger partial charge in [-0.3, -0.25) is 24.3 Å². The van der Waals surface area contributed by atoms with Gasteiger partial charge in [0.1, 0.15) is 0 Å². The second-order valence-electron chi connectivity index (χ2n) is 10.1. The summed E-state index contributed by atoms with van der Waals surface area (Å²) >= 11 is 8.45. The van der Waals surface area contributed by atoms with E-state index >= 15 is 0 Å². The highest BCUT2D eigenvalue weighted by molar-refractivity contribution is 7.99. The molecule has 44 heavy (non-hydrogen) atoms. The van der Waals surface area contributed by atoms with Crippen LogP contribution in [0, 0.1) is 24.0 Å². The molecule has 0 saturated carbocycles. The SMILES string of the molecule is CCN(CC)C(=O)C1=C(C)N=c2s/c(=C\c3ccc(Sc4nc(C)cc(C)n4)c([N+](=O)[O-])c3)c(=O)n2[C@@H]1c1ccc(Cl)cc1. The fourth-order valence-corrected chi connectivity index (χ4v) is 7.20. The fraction of sp³-hybridized carbons (Fsp3) is 0.258. The van der Waals surface area contributed by atoms with Crippen molar-refractivity contribution in [3.8, 4) is 0 Å². The first-order chi connectivity index (χ1) is 21.0. The largest absolute Gasteiger partial charge is 0.339 e. The quantitative estimate of drug-likeness (QED) is 0.146. The summed E-state index contributed by atoms with van der Waals surface area (Å²) in [6.45, 7) is 10.3. The number of aromatic nitrogens is 3. The van der Waals surface area contributed by atoms with Crippen LogP contribution >= 0.6 is 34.7 Å². The zero-order valence-corrected chi connectivity index (χ0v) is 27.1. The molecule has 2 aromatic heterocycles. The third-order valence-corrected chi connectivity index (χ3v) is 9.29. The molecule has 2 aromatic carbocycles. The molecule has 0 spiro atoms. The van der Waals surface area contributed by atoms with E-state index < -0.39 is 11.0 Å². The number of nitro groups is 1. The number of hydrogen-bond acceptors (Lipinski definition) is 9. The molecule has 1 aliphatic rings. The minimum absolute atomic E-state index is 0.124. The molecule has 5 rings (SSSR count). The van der Waals surface area contributed by atoms with E-state index in [9.17, 15) is 19.7 Å². The maximum atomic E-state index is 14.0. The maximum absolute atomic E-state index is 14.0. The van der Waals surface area contributed by atoms with Crippen LogP contribution in [-0.4, -0.2) is 43.4 Å². The number of likely N-dealkylation sites (N-methyl/N-ethyl adjacent to an activating group) is 1. The molecule has 0 aliphatic carbocycles. The van der Waals surface area contributed by atoms with E-state index in [1.54, 1.807) is 54.3 Å². The molecular weight excluding hydrogens is 620 g/mol. The van der Waals surface area contributed by atoms with Crippen molar-refractivity contribution in [2.45, 2.75) is 50.7 Å². The molecule has 4 aromatic rings. The van der Waals surface area contributed by atoms with Crippen molar-refractivity contribution in [2.75, 3.05) is 13.1 Å². The minimum atomic E-state index is -0.718. The molecule has 1 amide bonds. The van der Waals surface area contributed by atoms with Crippen molar-refractivity contribution in [3.05, 3.63) is 117 Å². The molecule has 0 fully saturated rings. The highest BCUT2D eigenvalue weighted by Crippen LogP contribution is 2.35. The minimum Gasteiger partial charge on any atom is -0.339 e. The van der Waals surface area contributed by atoms with Gasteiger partial charge in [-0.25, -0.2) is 15.0 Å². The van der Waals surface area contributed by atoms with Gasteiger partial charge in [-0.1, -0.05) is 41.1 Å². The Morgan fingerprint density at radius 1 is 1.09 bits per heavy atom. The number of amides is 1. The second kappa shape index (κ2) is 12.8. The number of halogens is 1. The number of rotatable bonds is 8. The predicted molar refractivity (Wildman–Crippen MR) is 172 cm³/mol. The Bertz CT molecular complexity index is 1980. The Balaban J connectivity index is 1.62. The van der Waals surface area contributed by atoms with Gasteiger partial charge in [0.05, 0.1) is 31.7 Å². The average Bonchev–Trinajstić information content (AvgIpc) is 3.27. The number of benzene rings is 2. The number of carbonyl (C=O) groups is 1. The Hall–Kier alpha value is -4.13. The van der Waals surface area contributed by atoms with Crippen molar-refractivity contribution in [1.82, 2.24) is 19.4 Å². The van der Waals surface area contributed by atoms with Gasteiger partial charge in [0, 0.05) is 35.6 Å². The molecule has 0 N–H and O–H groups in total. The number of thiazole rings is 1. The number of aryl methyl sites for hydroxylation is 2. The smallest absolute Gasteiger partial charge is 0.283 e. The van der Waals surface area contributed by atoms with Crippen LogP contribution < -0.4 is 14.9 Å². The Kier molecular flexibility index (Phi) is 9.14. The number of fused-ring (bicyclic) bond motifs is 1. The molecular formula is C31H29ClN6O4S2. The highest BCUT2D eigenvalue weighted by atomic mass is 35.5. The lowest BCUT2D eigenvalue weighted by Crippen LogP contribution is -2.43. The summed E-state index contributed by atoms with van der Waals surface area (Å²) < 4.78 is 1.86. The van der Waals surface area contributed by atoms with Crippen molar-refractivity contribution < 1.29 is 9.72 Å². The molecule has 226 valence electrons. The Morgan fingerprint density at radius 3 is 2.36 bits per heavy atom. The van der Waals surface area contributed by atoms with Gasteiger partial charge in [-0.2, -0.15) is 0 Å². The first-order valence-corrected chi connectivity index (χ1v) is 15.9. The van der Waals surface area contributed by atoms with Crippen molar-refractivity contribution in [3.63, 3.8) is 0 Å². The molecule has 13 heteroatoms. The predicted octanol–water partition coefficient (Wildman–Crippen LogP) is 5.22. The van der Waals surface area contributed by atoms with Gasteiger partial charge >= 0.3 is 0 Å². The van der Waals surface area contributed by atoms with Crippen LogP contribution in [0.15, 0.2) is 79.6 Å². The van der Waals surface area contributed by atoms with E-state index in [2.05, 4.69) is 15.0 Å².